The molecule has 102 valence electrons. The molecule has 1 rings (SSSR count). The standard InChI is InChI=1S/C17H28O/c1-8-16(4,5)13-10-11-14(18)15(12(13)3)17(6,7)9-2/h10-11,18H,8-9H2,1-7H3. The molecule has 1 nitrogen and oxygen atoms in total. The number of benzene rings is 1. The molecule has 0 atom stereocenters. The zero-order valence-corrected chi connectivity index (χ0v) is 13.0. The number of aromatic hydroxyl groups is 1. The maximum Gasteiger partial charge on any atom is 0.119 e. The highest BCUT2D eigenvalue weighted by Crippen LogP contribution is 2.41. The quantitative estimate of drug-likeness (QED) is 0.788. The van der Waals surface area contributed by atoms with Gasteiger partial charge in [-0.05, 0) is 47.8 Å². The third-order valence-electron chi connectivity index (χ3n) is 4.62. The van der Waals surface area contributed by atoms with Gasteiger partial charge in [-0.1, -0.05) is 47.6 Å². The predicted molar refractivity (Wildman–Crippen MR) is 79.5 cm³/mol. The summed E-state index contributed by atoms with van der Waals surface area (Å²) in [4.78, 5) is 0. The van der Waals surface area contributed by atoms with Crippen molar-refractivity contribution in [2.45, 2.75) is 72.1 Å². The van der Waals surface area contributed by atoms with Gasteiger partial charge in [-0.2, -0.15) is 0 Å². The predicted octanol–water partition coefficient (Wildman–Crippen LogP) is 5.08. The van der Waals surface area contributed by atoms with Crippen molar-refractivity contribution in [1.29, 1.82) is 0 Å². The van der Waals surface area contributed by atoms with Crippen molar-refractivity contribution in [3.63, 3.8) is 0 Å². The van der Waals surface area contributed by atoms with Crippen LogP contribution >= 0.6 is 0 Å². The summed E-state index contributed by atoms with van der Waals surface area (Å²) < 4.78 is 0. The van der Waals surface area contributed by atoms with Gasteiger partial charge in [0, 0.05) is 5.56 Å². The molecule has 1 heteroatoms. The molecule has 0 saturated carbocycles. The van der Waals surface area contributed by atoms with Crippen molar-refractivity contribution in [3.8, 4) is 5.75 Å². The summed E-state index contributed by atoms with van der Waals surface area (Å²) in [5.41, 5.74) is 3.92. The van der Waals surface area contributed by atoms with Crippen molar-refractivity contribution >= 4 is 0 Å². The molecule has 0 aliphatic rings. The van der Waals surface area contributed by atoms with Gasteiger partial charge in [0.2, 0.25) is 0 Å². The fourth-order valence-corrected chi connectivity index (χ4v) is 2.65. The Balaban J connectivity index is 3.51. The fourth-order valence-electron chi connectivity index (χ4n) is 2.65. The van der Waals surface area contributed by atoms with Crippen molar-refractivity contribution in [2.75, 3.05) is 0 Å². The first-order valence-electron chi connectivity index (χ1n) is 7.01. The summed E-state index contributed by atoms with van der Waals surface area (Å²) in [5.74, 6) is 0.440. The van der Waals surface area contributed by atoms with Crippen LogP contribution in [0.3, 0.4) is 0 Å². The molecule has 1 aromatic carbocycles. The normalized spacial score (nSPS) is 12.8. The molecular weight excluding hydrogens is 220 g/mol. The van der Waals surface area contributed by atoms with Crippen molar-refractivity contribution < 1.29 is 5.11 Å². The van der Waals surface area contributed by atoms with Gasteiger partial charge in [0.1, 0.15) is 5.75 Å². The van der Waals surface area contributed by atoms with Crippen LogP contribution in [0.1, 0.15) is 71.1 Å². The van der Waals surface area contributed by atoms with Crippen LogP contribution in [-0.4, -0.2) is 5.11 Å². The number of phenolic OH excluding ortho intramolecular Hbond substituents is 1. The smallest absolute Gasteiger partial charge is 0.119 e. The Morgan fingerprint density at radius 1 is 0.944 bits per heavy atom. The Bertz CT molecular complexity index is 427. The van der Waals surface area contributed by atoms with Gasteiger partial charge in [0.05, 0.1) is 0 Å². The lowest BCUT2D eigenvalue weighted by Crippen LogP contribution is -2.23. The minimum absolute atomic E-state index is 0.0218. The van der Waals surface area contributed by atoms with Crippen LogP contribution in [0.5, 0.6) is 5.75 Å². The topological polar surface area (TPSA) is 20.2 Å². The second kappa shape index (κ2) is 4.95. The molecule has 0 aliphatic heterocycles. The van der Waals surface area contributed by atoms with E-state index < -0.39 is 0 Å². The van der Waals surface area contributed by atoms with Crippen molar-refractivity contribution in [1.82, 2.24) is 0 Å². The molecule has 0 heterocycles. The van der Waals surface area contributed by atoms with Crippen LogP contribution in [0.2, 0.25) is 0 Å². The lowest BCUT2D eigenvalue weighted by Gasteiger charge is -2.32. The molecule has 1 N–H and O–H groups in total. The molecule has 0 unspecified atom stereocenters. The second-order valence-corrected chi connectivity index (χ2v) is 6.61. The van der Waals surface area contributed by atoms with Crippen LogP contribution in [0.4, 0.5) is 0 Å². The summed E-state index contributed by atoms with van der Waals surface area (Å²) in [7, 11) is 0. The van der Waals surface area contributed by atoms with Crippen LogP contribution in [0.25, 0.3) is 0 Å². The Morgan fingerprint density at radius 2 is 1.44 bits per heavy atom. The summed E-state index contributed by atoms with van der Waals surface area (Å²) in [6, 6.07) is 3.95. The van der Waals surface area contributed by atoms with Gasteiger partial charge in [-0.3, -0.25) is 0 Å². The number of hydrogen-bond donors (Lipinski definition) is 1. The molecule has 0 aromatic heterocycles. The molecule has 0 fully saturated rings. The van der Waals surface area contributed by atoms with E-state index in [1.165, 1.54) is 11.1 Å². The van der Waals surface area contributed by atoms with Gasteiger partial charge in [0.15, 0.2) is 0 Å². The summed E-state index contributed by atoms with van der Waals surface area (Å²) in [5, 5.41) is 10.2. The van der Waals surface area contributed by atoms with Crippen LogP contribution in [0, 0.1) is 6.92 Å². The van der Waals surface area contributed by atoms with Gasteiger partial charge < -0.3 is 5.11 Å². The van der Waals surface area contributed by atoms with Gasteiger partial charge >= 0.3 is 0 Å². The number of rotatable bonds is 4. The van der Waals surface area contributed by atoms with Gasteiger partial charge in [-0.15, -0.1) is 0 Å². The van der Waals surface area contributed by atoms with E-state index in [4.69, 9.17) is 0 Å². The maximum absolute atomic E-state index is 10.2. The zero-order chi connectivity index (χ0) is 14.1. The average molecular weight is 248 g/mol. The van der Waals surface area contributed by atoms with E-state index >= 15 is 0 Å². The first-order valence-corrected chi connectivity index (χ1v) is 7.01. The largest absolute Gasteiger partial charge is 0.508 e. The number of hydrogen-bond acceptors (Lipinski definition) is 1. The number of phenols is 1. The first-order chi connectivity index (χ1) is 8.17. The van der Waals surface area contributed by atoms with Crippen LogP contribution in [-0.2, 0) is 10.8 Å². The molecule has 0 spiro atoms. The second-order valence-electron chi connectivity index (χ2n) is 6.61. The Labute approximate surface area is 112 Å². The SMILES string of the molecule is CCC(C)(C)c1ccc(O)c(C(C)(C)CC)c1C. The highest BCUT2D eigenvalue weighted by molar-refractivity contribution is 5.49. The molecule has 1 aromatic rings. The lowest BCUT2D eigenvalue weighted by atomic mass is 9.73. The molecule has 0 bridgehead atoms. The van der Waals surface area contributed by atoms with Crippen molar-refractivity contribution in [2.24, 2.45) is 0 Å². The monoisotopic (exact) mass is 248 g/mol. The molecule has 0 radical (unpaired) electrons. The van der Waals surface area contributed by atoms with Crippen LogP contribution in [0.15, 0.2) is 12.1 Å². The third kappa shape index (κ3) is 2.55. The third-order valence-corrected chi connectivity index (χ3v) is 4.62. The minimum atomic E-state index is 0.0218. The van der Waals surface area contributed by atoms with E-state index in [1.54, 1.807) is 0 Å². The summed E-state index contributed by atoms with van der Waals surface area (Å²) in [6.07, 6.45) is 2.13. The van der Waals surface area contributed by atoms with E-state index in [2.05, 4.69) is 54.5 Å². The van der Waals surface area contributed by atoms with E-state index in [0.29, 0.717) is 5.75 Å². The van der Waals surface area contributed by atoms with E-state index in [9.17, 15) is 5.11 Å². The first kappa shape index (κ1) is 15.1. The van der Waals surface area contributed by atoms with Gasteiger partial charge in [0.25, 0.3) is 0 Å². The van der Waals surface area contributed by atoms with E-state index in [-0.39, 0.29) is 10.8 Å². The van der Waals surface area contributed by atoms with E-state index in [1.807, 2.05) is 6.07 Å². The Kier molecular flexibility index (Phi) is 4.15. The molecule has 0 saturated heterocycles. The van der Waals surface area contributed by atoms with Gasteiger partial charge in [-0.25, -0.2) is 0 Å². The highest BCUT2D eigenvalue weighted by atomic mass is 16.3. The summed E-state index contributed by atoms with van der Waals surface area (Å²) in [6.45, 7) is 15.5. The molecular formula is C17H28O. The maximum atomic E-state index is 10.2. The van der Waals surface area contributed by atoms with Crippen LogP contribution < -0.4 is 0 Å². The highest BCUT2D eigenvalue weighted by Gasteiger charge is 2.29. The van der Waals surface area contributed by atoms with E-state index in [0.717, 1.165) is 18.4 Å². The molecule has 0 amide bonds. The summed E-state index contributed by atoms with van der Waals surface area (Å²) >= 11 is 0. The fraction of sp³-hybridized carbons (Fsp3) is 0.647. The molecule has 0 aliphatic carbocycles. The Hall–Kier alpha value is -0.980. The Morgan fingerprint density at radius 3 is 1.89 bits per heavy atom. The van der Waals surface area contributed by atoms with Crippen molar-refractivity contribution in [3.05, 3.63) is 28.8 Å². The minimum Gasteiger partial charge on any atom is -0.508 e. The average Bonchev–Trinajstić information content (AvgIpc) is 2.28. The zero-order valence-electron chi connectivity index (χ0n) is 13.0. The lowest BCUT2D eigenvalue weighted by molar-refractivity contribution is 0.422. The molecule has 18 heavy (non-hydrogen) atoms.